The molecule has 0 aliphatic rings. The van der Waals surface area contributed by atoms with E-state index in [1.54, 1.807) is 24.3 Å². The zero-order chi connectivity index (χ0) is 14.4. The molecule has 102 valence electrons. The SMILES string of the molecule is O=C(C[N+](=O)[O-])Nc1ccc(Nc2ccccc2)cc1. The van der Waals surface area contributed by atoms with Crippen molar-refractivity contribution in [1.29, 1.82) is 0 Å². The summed E-state index contributed by atoms with van der Waals surface area (Å²) in [7, 11) is 0. The molecule has 20 heavy (non-hydrogen) atoms. The van der Waals surface area contributed by atoms with Crippen molar-refractivity contribution in [2.45, 2.75) is 0 Å². The highest BCUT2D eigenvalue weighted by atomic mass is 16.6. The Balaban J connectivity index is 1.96. The van der Waals surface area contributed by atoms with Gasteiger partial charge >= 0.3 is 0 Å². The van der Waals surface area contributed by atoms with Gasteiger partial charge in [0.1, 0.15) is 0 Å². The number of rotatable bonds is 5. The third kappa shape index (κ3) is 4.09. The molecule has 0 spiro atoms. The summed E-state index contributed by atoms with van der Waals surface area (Å²) in [6.45, 7) is -0.732. The molecule has 0 fully saturated rings. The molecule has 2 aromatic rings. The fourth-order valence-electron chi connectivity index (χ4n) is 1.64. The number of nitrogens with zero attached hydrogens (tertiary/aromatic N) is 1. The van der Waals surface area contributed by atoms with Crippen LogP contribution in [0.4, 0.5) is 17.1 Å². The Kier molecular flexibility index (Phi) is 4.28. The summed E-state index contributed by atoms with van der Waals surface area (Å²) in [5, 5.41) is 15.8. The van der Waals surface area contributed by atoms with Crippen LogP contribution in [-0.4, -0.2) is 17.4 Å². The number of nitro groups is 1. The number of anilines is 3. The van der Waals surface area contributed by atoms with Gasteiger partial charge in [0.25, 0.3) is 12.5 Å². The van der Waals surface area contributed by atoms with Crippen molar-refractivity contribution >= 4 is 23.0 Å². The highest BCUT2D eigenvalue weighted by molar-refractivity contribution is 5.91. The first-order valence-corrected chi connectivity index (χ1v) is 5.97. The van der Waals surface area contributed by atoms with Gasteiger partial charge < -0.3 is 10.6 Å². The van der Waals surface area contributed by atoms with E-state index in [1.807, 2.05) is 30.3 Å². The molecule has 0 unspecified atom stereocenters. The molecule has 6 heteroatoms. The molecule has 0 saturated heterocycles. The predicted molar refractivity (Wildman–Crippen MR) is 76.7 cm³/mol. The quantitative estimate of drug-likeness (QED) is 0.646. The zero-order valence-electron chi connectivity index (χ0n) is 10.6. The van der Waals surface area contributed by atoms with Crippen LogP contribution < -0.4 is 10.6 Å². The molecule has 6 nitrogen and oxygen atoms in total. The first kappa shape index (κ1) is 13.5. The number of nitrogens with one attached hydrogen (secondary N) is 2. The Hall–Kier alpha value is -2.89. The number of carbonyl (C=O) groups excluding carboxylic acids is 1. The van der Waals surface area contributed by atoms with Crippen LogP contribution in [0.15, 0.2) is 54.6 Å². The van der Waals surface area contributed by atoms with Crippen LogP contribution in [0.1, 0.15) is 0 Å². The van der Waals surface area contributed by atoms with Crippen LogP contribution in [-0.2, 0) is 4.79 Å². The maximum Gasteiger partial charge on any atom is 0.296 e. The van der Waals surface area contributed by atoms with E-state index in [0.717, 1.165) is 11.4 Å². The van der Waals surface area contributed by atoms with Crippen molar-refractivity contribution < 1.29 is 9.72 Å². The summed E-state index contributed by atoms with van der Waals surface area (Å²) >= 11 is 0. The number of hydrogen-bond acceptors (Lipinski definition) is 4. The molecular formula is C14H13N3O3. The molecule has 2 aromatic carbocycles. The molecule has 2 rings (SSSR count). The van der Waals surface area contributed by atoms with E-state index in [2.05, 4.69) is 10.6 Å². The smallest absolute Gasteiger partial charge is 0.296 e. The van der Waals surface area contributed by atoms with E-state index in [1.165, 1.54) is 0 Å². The number of carbonyl (C=O) groups is 1. The number of hydrogen-bond donors (Lipinski definition) is 2. The fourth-order valence-corrected chi connectivity index (χ4v) is 1.64. The van der Waals surface area contributed by atoms with Gasteiger partial charge in [0.2, 0.25) is 0 Å². The lowest BCUT2D eigenvalue weighted by molar-refractivity contribution is -0.467. The van der Waals surface area contributed by atoms with Gasteiger partial charge in [-0.15, -0.1) is 0 Å². The summed E-state index contributed by atoms with van der Waals surface area (Å²) in [5.74, 6) is -0.640. The van der Waals surface area contributed by atoms with Crippen molar-refractivity contribution in [1.82, 2.24) is 0 Å². The van der Waals surface area contributed by atoms with Crippen molar-refractivity contribution in [3.8, 4) is 0 Å². The van der Waals surface area contributed by atoms with Gasteiger partial charge in [0.15, 0.2) is 0 Å². The first-order valence-electron chi connectivity index (χ1n) is 5.97. The highest BCUT2D eigenvalue weighted by Crippen LogP contribution is 2.18. The second-order valence-corrected chi connectivity index (χ2v) is 4.11. The second kappa shape index (κ2) is 6.33. The Labute approximate surface area is 115 Å². The van der Waals surface area contributed by atoms with Crippen molar-refractivity contribution in [2.75, 3.05) is 17.2 Å². The Morgan fingerprint density at radius 3 is 2.10 bits per heavy atom. The fraction of sp³-hybridized carbons (Fsp3) is 0.0714. The van der Waals surface area contributed by atoms with Gasteiger partial charge in [0, 0.05) is 22.0 Å². The molecular weight excluding hydrogens is 258 g/mol. The molecule has 0 bridgehead atoms. The van der Waals surface area contributed by atoms with E-state index >= 15 is 0 Å². The first-order chi connectivity index (χ1) is 9.63. The molecule has 0 heterocycles. The van der Waals surface area contributed by atoms with Gasteiger partial charge in [-0.25, -0.2) is 0 Å². The van der Waals surface area contributed by atoms with E-state index in [0.29, 0.717) is 5.69 Å². The summed E-state index contributed by atoms with van der Waals surface area (Å²) in [4.78, 5) is 20.8. The van der Waals surface area contributed by atoms with Crippen molar-refractivity contribution in [3.05, 3.63) is 64.7 Å². The lowest BCUT2D eigenvalue weighted by atomic mass is 10.2. The van der Waals surface area contributed by atoms with Crippen molar-refractivity contribution in [2.24, 2.45) is 0 Å². The minimum Gasteiger partial charge on any atom is -0.356 e. The van der Waals surface area contributed by atoms with E-state index < -0.39 is 17.4 Å². The van der Waals surface area contributed by atoms with E-state index in [4.69, 9.17) is 0 Å². The van der Waals surface area contributed by atoms with Gasteiger partial charge in [-0.05, 0) is 36.4 Å². The van der Waals surface area contributed by atoms with Gasteiger partial charge in [-0.3, -0.25) is 14.9 Å². The third-order valence-corrected chi connectivity index (χ3v) is 2.50. The standard InChI is InChI=1S/C14H13N3O3/c18-14(10-17(19)20)16-13-8-6-12(7-9-13)15-11-4-2-1-3-5-11/h1-9,15H,10H2,(H,16,18). The molecule has 0 aromatic heterocycles. The average Bonchev–Trinajstić information content (AvgIpc) is 2.41. The van der Waals surface area contributed by atoms with Crippen LogP contribution in [0.5, 0.6) is 0 Å². The lowest BCUT2D eigenvalue weighted by Gasteiger charge is -2.07. The second-order valence-electron chi connectivity index (χ2n) is 4.11. The predicted octanol–water partition coefficient (Wildman–Crippen LogP) is 2.65. The minimum absolute atomic E-state index is 0.524. The third-order valence-electron chi connectivity index (χ3n) is 2.50. The molecule has 0 atom stereocenters. The van der Waals surface area contributed by atoms with Crippen LogP contribution in [0.25, 0.3) is 0 Å². The Morgan fingerprint density at radius 1 is 0.950 bits per heavy atom. The zero-order valence-corrected chi connectivity index (χ0v) is 10.6. The Bertz CT molecular complexity index is 597. The highest BCUT2D eigenvalue weighted by Gasteiger charge is 2.09. The topological polar surface area (TPSA) is 84.3 Å². The molecule has 0 aliphatic heterocycles. The van der Waals surface area contributed by atoms with Crippen LogP contribution >= 0.6 is 0 Å². The number of amides is 1. The number of benzene rings is 2. The molecule has 0 saturated carbocycles. The average molecular weight is 271 g/mol. The molecule has 2 N–H and O–H groups in total. The molecule has 1 amide bonds. The molecule has 0 radical (unpaired) electrons. The van der Waals surface area contributed by atoms with Crippen LogP contribution in [0.3, 0.4) is 0 Å². The Morgan fingerprint density at radius 2 is 1.50 bits per heavy atom. The number of para-hydroxylation sites is 1. The summed E-state index contributed by atoms with van der Waals surface area (Å²) in [6, 6.07) is 16.6. The maximum absolute atomic E-state index is 11.2. The molecule has 0 aliphatic carbocycles. The van der Waals surface area contributed by atoms with Crippen LogP contribution in [0, 0.1) is 10.1 Å². The largest absolute Gasteiger partial charge is 0.356 e. The summed E-state index contributed by atoms with van der Waals surface area (Å²) in [5.41, 5.74) is 2.34. The van der Waals surface area contributed by atoms with Gasteiger partial charge in [-0.2, -0.15) is 0 Å². The van der Waals surface area contributed by atoms with Gasteiger partial charge in [-0.1, -0.05) is 18.2 Å². The van der Waals surface area contributed by atoms with E-state index in [-0.39, 0.29) is 0 Å². The normalized spacial score (nSPS) is 9.80. The van der Waals surface area contributed by atoms with Gasteiger partial charge in [0.05, 0.1) is 0 Å². The maximum atomic E-state index is 11.2. The van der Waals surface area contributed by atoms with Crippen molar-refractivity contribution in [3.63, 3.8) is 0 Å². The van der Waals surface area contributed by atoms with E-state index in [9.17, 15) is 14.9 Å². The minimum atomic E-state index is -0.732. The monoisotopic (exact) mass is 271 g/mol. The summed E-state index contributed by atoms with van der Waals surface area (Å²) in [6.07, 6.45) is 0. The lowest BCUT2D eigenvalue weighted by Crippen LogP contribution is -2.21. The van der Waals surface area contributed by atoms with Crippen LogP contribution in [0.2, 0.25) is 0 Å². The summed E-state index contributed by atoms with van der Waals surface area (Å²) < 4.78 is 0.